The molecule has 10 heteroatoms. The van der Waals surface area contributed by atoms with Crippen LogP contribution in [0.2, 0.25) is 0 Å². The smallest absolute Gasteiger partial charge is 0.435 e. The summed E-state index contributed by atoms with van der Waals surface area (Å²) in [6.45, 7) is 0.524. The van der Waals surface area contributed by atoms with Crippen molar-refractivity contribution in [1.82, 2.24) is 20.4 Å². The van der Waals surface area contributed by atoms with Gasteiger partial charge in [-0.15, -0.1) is 24.0 Å². The minimum atomic E-state index is -4.49. The zero-order valence-corrected chi connectivity index (χ0v) is 17.6. The lowest BCUT2D eigenvalue weighted by Crippen LogP contribution is -2.38. The van der Waals surface area contributed by atoms with Gasteiger partial charge in [-0.3, -0.25) is 9.67 Å². The first-order chi connectivity index (χ1) is 12.3. The van der Waals surface area contributed by atoms with E-state index >= 15 is 0 Å². The van der Waals surface area contributed by atoms with E-state index in [4.69, 9.17) is 4.74 Å². The molecule has 1 heterocycles. The van der Waals surface area contributed by atoms with Crippen molar-refractivity contribution >= 4 is 29.9 Å². The molecule has 2 rings (SSSR count). The molecule has 2 N–H and O–H groups in total. The van der Waals surface area contributed by atoms with Gasteiger partial charge in [0.25, 0.3) is 0 Å². The number of guanidine groups is 1. The lowest BCUT2D eigenvalue weighted by molar-refractivity contribution is -0.142. The highest BCUT2D eigenvalue weighted by Gasteiger charge is 2.36. The lowest BCUT2D eigenvalue weighted by Gasteiger charge is -2.13. The second-order valence-electron chi connectivity index (χ2n) is 5.59. The van der Waals surface area contributed by atoms with Gasteiger partial charge in [-0.2, -0.15) is 18.3 Å². The Morgan fingerprint density at radius 1 is 1.22 bits per heavy atom. The fourth-order valence-corrected chi connectivity index (χ4v) is 2.53. The molecule has 1 aromatic heterocycles. The third kappa shape index (κ3) is 6.60. The first-order valence-corrected chi connectivity index (χ1v) is 8.01. The largest absolute Gasteiger partial charge is 0.496 e. The predicted octanol–water partition coefficient (Wildman–Crippen LogP) is 2.97. The van der Waals surface area contributed by atoms with E-state index < -0.39 is 11.9 Å². The molecule has 27 heavy (non-hydrogen) atoms. The number of hydrogen-bond acceptors (Lipinski definition) is 3. The normalized spacial score (nSPS) is 11.7. The first-order valence-electron chi connectivity index (χ1n) is 8.01. The number of nitrogens with one attached hydrogen (secondary N) is 2. The summed E-state index contributed by atoms with van der Waals surface area (Å²) in [6.07, 6.45) is -2.46. The number of aromatic nitrogens is 2. The van der Waals surface area contributed by atoms with Crippen LogP contribution in [0.3, 0.4) is 0 Å². The summed E-state index contributed by atoms with van der Waals surface area (Å²) in [7, 11) is 4.63. The second kappa shape index (κ2) is 10.4. The van der Waals surface area contributed by atoms with Crippen LogP contribution in [0.5, 0.6) is 5.75 Å². The van der Waals surface area contributed by atoms with Gasteiger partial charge >= 0.3 is 6.18 Å². The highest BCUT2D eigenvalue weighted by Crippen LogP contribution is 2.30. The van der Waals surface area contributed by atoms with Crippen molar-refractivity contribution in [3.8, 4) is 5.75 Å². The van der Waals surface area contributed by atoms with Gasteiger partial charge < -0.3 is 15.4 Å². The molecule has 2 aromatic rings. The lowest BCUT2D eigenvalue weighted by atomic mass is 10.1. The molecule has 0 unspecified atom stereocenters. The number of ether oxygens (including phenoxy) is 1. The van der Waals surface area contributed by atoms with Crippen LogP contribution in [0.25, 0.3) is 0 Å². The van der Waals surface area contributed by atoms with Gasteiger partial charge in [0.05, 0.1) is 7.11 Å². The number of methoxy groups -OCH3 is 1. The van der Waals surface area contributed by atoms with Crippen LogP contribution in [-0.4, -0.2) is 36.4 Å². The Labute approximate surface area is 173 Å². The highest BCUT2D eigenvalue weighted by atomic mass is 127. The third-order valence-electron chi connectivity index (χ3n) is 3.72. The van der Waals surface area contributed by atoms with Crippen molar-refractivity contribution in [2.24, 2.45) is 12.0 Å². The summed E-state index contributed by atoms with van der Waals surface area (Å²) in [5.74, 6) is 1.21. The molecule has 0 aliphatic rings. The van der Waals surface area contributed by atoms with Crippen molar-refractivity contribution < 1.29 is 17.9 Å². The van der Waals surface area contributed by atoms with Crippen LogP contribution >= 0.6 is 24.0 Å². The quantitative estimate of drug-likeness (QED) is 0.366. The van der Waals surface area contributed by atoms with Gasteiger partial charge in [-0.25, -0.2) is 0 Å². The van der Waals surface area contributed by atoms with Gasteiger partial charge in [0.2, 0.25) is 0 Å². The Morgan fingerprint density at radius 2 is 1.93 bits per heavy atom. The molecule has 1 aromatic carbocycles. The number of benzene rings is 1. The Balaban J connectivity index is 0.00000364. The molecular weight excluding hydrogens is 474 g/mol. The Hall–Kier alpha value is -1.98. The standard InChI is InChI=1S/C17H22F3N5O.HI/c1-21-16(22-9-8-12-6-4-5-7-14(12)26-3)23-10-13-11-25(2)24-15(13)17(18,19)20;/h4-7,11H,8-10H2,1-3H3,(H2,21,22,23);1H. The van der Waals surface area contributed by atoms with E-state index in [1.807, 2.05) is 24.3 Å². The molecule has 0 spiro atoms. The van der Waals surface area contributed by atoms with E-state index in [-0.39, 0.29) is 36.1 Å². The Bertz CT molecular complexity index is 761. The maximum atomic E-state index is 13.0. The molecule has 0 amide bonds. The zero-order valence-electron chi connectivity index (χ0n) is 15.3. The van der Waals surface area contributed by atoms with Gasteiger partial charge in [-0.1, -0.05) is 18.2 Å². The summed E-state index contributed by atoms with van der Waals surface area (Å²) in [5, 5.41) is 9.44. The molecule has 0 atom stereocenters. The number of rotatable bonds is 6. The Morgan fingerprint density at radius 3 is 2.56 bits per heavy atom. The van der Waals surface area contributed by atoms with E-state index in [1.165, 1.54) is 13.2 Å². The van der Waals surface area contributed by atoms with Gasteiger partial charge in [0.15, 0.2) is 11.7 Å². The summed E-state index contributed by atoms with van der Waals surface area (Å²) >= 11 is 0. The van der Waals surface area contributed by atoms with E-state index in [2.05, 4.69) is 20.7 Å². The summed E-state index contributed by atoms with van der Waals surface area (Å²) < 4.78 is 45.3. The minimum Gasteiger partial charge on any atom is -0.496 e. The van der Waals surface area contributed by atoms with Crippen LogP contribution in [0, 0.1) is 0 Å². The average Bonchev–Trinajstić information content (AvgIpc) is 2.99. The number of nitrogens with zero attached hydrogens (tertiary/aromatic N) is 3. The number of aliphatic imine (C=N–C) groups is 1. The SMILES string of the molecule is CN=C(NCCc1ccccc1OC)NCc1cn(C)nc1C(F)(F)F.I. The molecule has 6 nitrogen and oxygen atoms in total. The number of para-hydroxylation sites is 1. The van der Waals surface area contributed by atoms with Gasteiger partial charge in [-0.05, 0) is 18.1 Å². The molecular formula is C17H23F3IN5O. The summed E-state index contributed by atoms with van der Waals surface area (Å²) in [5.41, 5.74) is 0.203. The zero-order chi connectivity index (χ0) is 19.2. The van der Waals surface area contributed by atoms with Gasteiger partial charge in [0.1, 0.15) is 5.75 Å². The van der Waals surface area contributed by atoms with Crippen molar-refractivity contribution in [1.29, 1.82) is 0 Å². The van der Waals surface area contributed by atoms with E-state index in [0.29, 0.717) is 18.9 Å². The topological polar surface area (TPSA) is 63.5 Å². The van der Waals surface area contributed by atoms with E-state index in [0.717, 1.165) is 16.0 Å². The maximum Gasteiger partial charge on any atom is 0.435 e. The molecule has 0 aliphatic heterocycles. The van der Waals surface area contributed by atoms with E-state index in [9.17, 15) is 13.2 Å². The second-order valence-corrected chi connectivity index (χ2v) is 5.59. The number of hydrogen-bond donors (Lipinski definition) is 2. The Kier molecular flexibility index (Phi) is 8.86. The van der Waals surface area contributed by atoms with E-state index in [1.54, 1.807) is 14.2 Å². The van der Waals surface area contributed by atoms with Crippen LogP contribution in [0.4, 0.5) is 13.2 Å². The number of alkyl halides is 3. The van der Waals surface area contributed by atoms with Crippen LogP contribution in [0.15, 0.2) is 35.5 Å². The van der Waals surface area contributed by atoms with Crippen molar-refractivity contribution in [3.05, 3.63) is 47.3 Å². The highest BCUT2D eigenvalue weighted by molar-refractivity contribution is 14.0. The van der Waals surface area contributed by atoms with Gasteiger partial charge in [0, 0.05) is 38.9 Å². The molecule has 0 fully saturated rings. The first kappa shape index (κ1) is 23.1. The van der Waals surface area contributed by atoms with Crippen LogP contribution < -0.4 is 15.4 Å². The summed E-state index contributed by atoms with van der Waals surface area (Å²) in [6, 6.07) is 7.65. The van der Waals surface area contributed by atoms with Crippen LogP contribution in [0.1, 0.15) is 16.8 Å². The minimum absolute atomic E-state index is 0. The molecule has 0 saturated heterocycles. The molecule has 0 saturated carbocycles. The molecule has 0 radical (unpaired) electrons. The molecule has 0 bridgehead atoms. The monoisotopic (exact) mass is 497 g/mol. The average molecular weight is 497 g/mol. The fraction of sp³-hybridized carbons (Fsp3) is 0.412. The fourth-order valence-electron chi connectivity index (χ4n) is 2.53. The van der Waals surface area contributed by atoms with Crippen LogP contribution in [-0.2, 0) is 26.2 Å². The third-order valence-corrected chi connectivity index (χ3v) is 3.72. The number of aryl methyl sites for hydroxylation is 1. The molecule has 150 valence electrons. The van der Waals surface area contributed by atoms with Crippen molar-refractivity contribution in [2.75, 3.05) is 20.7 Å². The number of halogens is 4. The molecule has 0 aliphatic carbocycles. The summed E-state index contributed by atoms with van der Waals surface area (Å²) in [4.78, 5) is 4.03. The maximum absolute atomic E-state index is 13.0. The predicted molar refractivity (Wildman–Crippen MR) is 109 cm³/mol. The van der Waals surface area contributed by atoms with Crippen molar-refractivity contribution in [2.45, 2.75) is 19.1 Å². The van der Waals surface area contributed by atoms with Crippen molar-refractivity contribution in [3.63, 3.8) is 0 Å².